The number of amides is 1. The van der Waals surface area contributed by atoms with Crippen LogP contribution in [0.25, 0.3) is 0 Å². The van der Waals surface area contributed by atoms with E-state index in [-0.39, 0.29) is 11.6 Å². The summed E-state index contributed by atoms with van der Waals surface area (Å²) in [5.74, 6) is 0.187. The Morgan fingerprint density at radius 3 is 2.92 bits per heavy atom. The van der Waals surface area contributed by atoms with Crippen LogP contribution in [0, 0.1) is 0 Å². The topological polar surface area (TPSA) is 89.3 Å². The molecule has 1 aromatic heterocycles. The van der Waals surface area contributed by atoms with Crippen molar-refractivity contribution in [1.29, 1.82) is 0 Å². The smallest absolute Gasteiger partial charge is 0.277 e. The third kappa shape index (κ3) is 3.00. The average Bonchev–Trinajstić information content (AvgIpc) is 2.95. The zero-order valence-electron chi connectivity index (χ0n) is 14.4. The zero-order chi connectivity index (χ0) is 17.6. The van der Waals surface area contributed by atoms with E-state index < -0.39 is 11.7 Å². The monoisotopic (exact) mass is 342 g/mol. The molecule has 7 heteroatoms. The lowest BCUT2D eigenvalue weighted by molar-refractivity contribution is 0.0121. The van der Waals surface area contributed by atoms with Gasteiger partial charge in [-0.1, -0.05) is 17.3 Å². The summed E-state index contributed by atoms with van der Waals surface area (Å²) in [7, 11) is 0. The van der Waals surface area contributed by atoms with Crippen molar-refractivity contribution in [3.05, 3.63) is 35.7 Å². The Hall–Kier alpha value is -2.41. The molecule has 0 spiro atoms. The van der Waals surface area contributed by atoms with Crippen LogP contribution in [0.1, 0.15) is 67.7 Å². The highest BCUT2D eigenvalue weighted by molar-refractivity contribution is 6.03. The molecule has 2 N–H and O–H groups in total. The molecular formula is C18H22N4O3. The summed E-state index contributed by atoms with van der Waals surface area (Å²) in [4.78, 5) is 12.5. The summed E-state index contributed by atoms with van der Waals surface area (Å²) in [6.45, 7) is 3.84. The molecule has 1 saturated carbocycles. The van der Waals surface area contributed by atoms with Crippen LogP contribution < -0.4 is 10.1 Å². The number of aliphatic hydroxyl groups excluding tert-OH is 1. The number of benzene rings is 1. The van der Waals surface area contributed by atoms with Gasteiger partial charge in [0.05, 0.1) is 24.0 Å². The predicted molar refractivity (Wildman–Crippen MR) is 91.6 cm³/mol. The number of carbonyl (C=O) groups is 1. The standard InChI is InChI=1S/C18H22N4O3/c1-18(2)9-15(23)12-7-4-8-13(16(12)25-18)19-17(24)14-10-22(21-20-14)11-5-3-6-11/h4,7-8,10-11,15,23H,3,5-6,9H2,1-2H3,(H,19,24). The minimum absolute atomic E-state index is 0.278. The first kappa shape index (κ1) is 16.1. The second-order valence-electron chi connectivity index (χ2n) is 7.43. The van der Waals surface area contributed by atoms with Crippen LogP contribution >= 0.6 is 0 Å². The summed E-state index contributed by atoms with van der Waals surface area (Å²) in [5, 5.41) is 21.2. The molecule has 2 aromatic rings. The SMILES string of the molecule is CC1(C)CC(O)c2cccc(NC(=O)c3cn(C4CCC4)nn3)c2O1. The molecule has 2 aliphatic rings. The molecule has 1 aliphatic carbocycles. The van der Waals surface area contributed by atoms with Crippen molar-refractivity contribution in [2.45, 2.75) is 57.3 Å². The number of hydrogen-bond donors (Lipinski definition) is 2. The molecule has 0 bridgehead atoms. The van der Waals surface area contributed by atoms with E-state index in [1.165, 1.54) is 6.42 Å². The number of anilines is 1. The average molecular weight is 342 g/mol. The Balaban J connectivity index is 1.57. The van der Waals surface area contributed by atoms with Crippen molar-refractivity contribution in [1.82, 2.24) is 15.0 Å². The fourth-order valence-electron chi connectivity index (χ4n) is 3.32. The quantitative estimate of drug-likeness (QED) is 0.895. The Bertz CT molecular complexity index is 810. The van der Waals surface area contributed by atoms with Crippen LogP contribution in [0.4, 0.5) is 5.69 Å². The first-order valence-corrected chi connectivity index (χ1v) is 8.66. The molecule has 1 amide bonds. The van der Waals surface area contributed by atoms with Gasteiger partial charge in [0.2, 0.25) is 0 Å². The van der Waals surface area contributed by atoms with Crippen LogP contribution in [-0.2, 0) is 0 Å². The van der Waals surface area contributed by atoms with Gasteiger partial charge >= 0.3 is 0 Å². The number of nitrogens with one attached hydrogen (secondary N) is 1. The van der Waals surface area contributed by atoms with E-state index in [2.05, 4.69) is 15.6 Å². The predicted octanol–water partition coefficient (Wildman–Crippen LogP) is 2.85. The Labute approximate surface area is 146 Å². The maximum Gasteiger partial charge on any atom is 0.277 e. The first-order chi connectivity index (χ1) is 11.9. The van der Waals surface area contributed by atoms with Gasteiger partial charge in [0.1, 0.15) is 11.4 Å². The Kier molecular flexibility index (Phi) is 3.76. The lowest BCUT2D eigenvalue weighted by Crippen LogP contribution is -2.35. The van der Waals surface area contributed by atoms with E-state index in [1.54, 1.807) is 23.0 Å². The number of aromatic nitrogens is 3. The molecule has 1 fully saturated rings. The largest absolute Gasteiger partial charge is 0.485 e. The zero-order valence-corrected chi connectivity index (χ0v) is 14.4. The molecule has 2 heterocycles. The number of rotatable bonds is 3. The van der Waals surface area contributed by atoms with E-state index in [0.717, 1.165) is 12.8 Å². The van der Waals surface area contributed by atoms with Gasteiger partial charge in [0.15, 0.2) is 5.69 Å². The number of ether oxygens (including phenoxy) is 1. The molecule has 1 aliphatic heterocycles. The molecule has 0 radical (unpaired) electrons. The summed E-state index contributed by atoms with van der Waals surface area (Å²) in [6.07, 6.45) is 4.93. The van der Waals surface area contributed by atoms with Gasteiger partial charge in [0, 0.05) is 12.0 Å². The van der Waals surface area contributed by atoms with Crippen molar-refractivity contribution in [3.63, 3.8) is 0 Å². The highest BCUT2D eigenvalue weighted by Crippen LogP contribution is 2.43. The van der Waals surface area contributed by atoms with Crippen LogP contribution in [0.3, 0.4) is 0 Å². The molecular weight excluding hydrogens is 320 g/mol. The summed E-state index contributed by atoms with van der Waals surface area (Å²) in [5.41, 5.74) is 1.00. The Morgan fingerprint density at radius 1 is 1.40 bits per heavy atom. The molecule has 0 saturated heterocycles. The van der Waals surface area contributed by atoms with E-state index >= 15 is 0 Å². The van der Waals surface area contributed by atoms with Crippen molar-refractivity contribution in [2.75, 3.05) is 5.32 Å². The number of para-hydroxylation sites is 1. The highest BCUT2D eigenvalue weighted by Gasteiger charge is 2.34. The summed E-state index contributed by atoms with van der Waals surface area (Å²) >= 11 is 0. The van der Waals surface area contributed by atoms with E-state index in [4.69, 9.17) is 4.74 Å². The molecule has 1 unspecified atom stereocenters. The van der Waals surface area contributed by atoms with E-state index in [1.807, 2.05) is 19.9 Å². The fourth-order valence-corrected chi connectivity index (χ4v) is 3.32. The first-order valence-electron chi connectivity index (χ1n) is 8.66. The minimum atomic E-state index is -0.616. The minimum Gasteiger partial charge on any atom is -0.485 e. The number of aliphatic hydroxyl groups is 1. The van der Waals surface area contributed by atoms with Gasteiger partial charge < -0.3 is 15.2 Å². The van der Waals surface area contributed by atoms with Crippen molar-refractivity contribution < 1.29 is 14.6 Å². The molecule has 4 rings (SSSR count). The van der Waals surface area contributed by atoms with Gasteiger partial charge in [-0.3, -0.25) is 4.79 Å². The van der Waals surface area contributed by atoms with Gasteiger partial charge in [0.25, 0.3) is 5.91 Å². The van der Waals surface area contributed by atoms with E-state index in [0.29, 0.717) is 29.5 Å². The van der Waals surface area contributed by atoms with Gasteiger partial charge in [-0.2, -0.15) is 0 Å². The van der Waals surface area contributed by atoms with Gasteiger partial charge in [-0.25, -0.2) is 4.68 Å². The second-order valence-corrected chi connectivity index (χ2v) is 7.43. The number of nitrogens with zero attached hydrogens (tertiary/aromatic N) is 3. The number of carbonyl (C=O) groups excluding carboxylic acids is 1. The second kappa shape index (κ2) is 5.84. The molecule has 25 heavy (non-hydrogen) atoms. The molecule has 1 atom stereocenters. The maximum absolute atomic E-state index is 12.5. The molecule has 7 nitrogen and oxygen atoms in total. The summed E-state index contributed by atoms with van der Waals surface area (Å²) < 4.78 is 7.78. The lowest BCUT2D eigenvalue weighted by atomic mass is 9.91. The van der Waals surface area contributed by atoms with Crippen molar-refractivity contribution in [2.24, 2.45) is 0 Å². The summed E-state index contributed by atoms with van der Waals surface area (Å²) in [6, 6.07) is 5.74. The fraction of sp³-hybridized carbons (Fsp3) is 0.500. The molecule has 132 valence electrons. The highest BCUT2D eigenvalue weighted by atomic mass is 16.5. The third-order valence-electron chi connectivity index (χ3n) is 4.91. The van der Waals surface area contributed by atoms with E-state index in [9.17, 15) is 9.90 Å². The molecule has 1 aromatic carbocycles. The van der Waals surface area contributed by atoms with Crippen LogP contribution in [0.15, 0.2) is 24.4 Å². The van der Waals surface area contributed by atoms with Crippen molar-refractivity contribution in [3.8, 4) is 5.75 Å². The van der Waals surface area contributed by atoms with Gasteiger partial charge in [-0.05, 0) is 39.2 Å². The third-order valence-corrected chi connectivity index (χ3v) is 4.91. The lowest BCUT2D eigenvalue weighted by Gasteiger charge is -2.36. The normalized spacial score (nSPS) is 21.8. The maximum atomic E-state index is 12.5. The van der Waals surface area contributed by atoms with Crippen molar-refractivity contribution >= 4 is 11.6 Å². The van der Waals surface area contributed by atoms with Crippen LogP contribution in [0.5, 0.6) is 5.75 Å². The number of hydrogen-bond acceptors (Lipinski definition) is 5. The Morgan fingerprint density at radius 2 is 2.20 bits per heavy atom. The van der Waals surface area contributed by atoms with Crippen LogP contribution in [0.2, 0.25) is 0 Å². The number of fused-ring (bicyclic) bond motifs is 1. The van der Waals surface area contributed by atoms with Gasteiger partial charge in [-0.15, -0.1) is 5.10 Å². The van der Waals surface area contributed by atoms with Crippen LogP contribution in [-0.4, -0.2) is 31.6 Å².